The first-order valence-corrected chi connectivity index (χ1v) is 8.16. The molecule has 0 saturated carbocycles. The van der Waals surface area contributed by atoms with E-state index in [0.29, 0.717) is 11.3 Å². The zero-order chi connectivity index (χ0) is 16.4. The number of hydrogen-bond donors (Lipinski definition) is 1. The van der Waals surface area contributed by atoms with E-state index in [2.05, 4.69) is 27.9 Å². The van der Waals surface area contributed by atoms with Gasteiger partial charge < -0.3 is 5.32 Å². The second-order valence-electron chi connectivity index (χ2n) is 5.11. The van der Waals surface area contributed by atoms with Crippen molar-refractivity contribution in [1.82, 2.24) is 0 Å². The number of hydrogen-bond acceptors (Lipinski definition) is 3. The van der Waals surface area contributed by atoms with Crippen molar-refractivity contribution in [3.63, 3.8) is 0 Å². The molecule has 3 rings (SSSR count). The van der Waals surface area contributed by atoms with Crippen LogP contribution in [0.5, 0.6) is 0 Å². The molecule has 116 valence electrons. The lowest BCUT2D eigenvalue weighted by atomic mass is 10.1. The molecule has 5 nitrogen and oxygen atoms in total. The molecule has 1 heterocycles. The summed E-state index contributed by atoms with van der Waals surface area (Å²) in [6, 6.07) is 14.0. The number of para-hydroxylation sites is 1. The van der Waals surface area contributed by atoms with E-state index >= 15 is 0 Å². The molecule has 0 atom stereocenters. The molecule has 0 unspecified atom stereocenters. The SMILES string of the molecule is O=C(Nc1ccccc1I)c1cccc(N2C(=O)CCC2=O)c1. The molecule has 0 aromatic heterocycles. The number of halogens is 1. The normalized spacial score (nSPS) is 14.2. The van der Waals surface area contributed by atoms with E-state index in [1.165, 1.54) is 0 Å². The molecule has 3 amide bonds. The quantitative estimate of drug-likeness (QED) is 0.613. The number of benzene rings is 2. The number of anilines is 2. The fourth-order valence-electron chi connectivity index (χ4n) is 2.41. The fraction of sp³-hybridized carbons (Fsp3) is 0.118. The average molecular weight is 420 g/mol. The summed E-state index contributed by atoms with van der Waals surface area (Å²) in [6.07, 6.45) is 0.439. The smallest absolute Gasteiger partial charge is 0.255 e. The Labute approximate surface area is 146 Å². The molecular formula is C17H13IN2O3. The lowest BCUT2D eigenvalue weighted by Crippen LogP contribution is -2.28. The third-order valence-electron chi connectivity index (χ3n) is 3.54. The van der Waals surface area contributed by atoms with Gasteiger partial charge in [0, 0.05) is 22.0 Å². The molecule has 23 heavy (non-hydrogen) atoms. The van der Waals surface area contributed by atoms with Crippen LogP contribution in [0.2, 0.25) is 0 Å². The van der Waals surface area contributed by atoms with Crippen LogP contribution in [0, 0.1) is 3.57 Å². The lowest BCUT2D eigenvalue weighted by molar-refractivity contribution is -0.121. The van der Waals surface area contributed by atoms with Gasteiger partial charge in [0.2, 0.25) is 11.8 Å². The molecule has 1 N–H and O–H groups in total. The van der Waals surface area contributed by atoms with Crippen LogP contribution >= 0.6 is 22.6 Å². The molecule has 1 fully saturated rings. The first-order chi connectivity index (χ1) is 11.1. The second-order valence-corrected chi connectivity index (χ2v) is 6.27. The first kappa shape index (κ1) is 15.7. The van der Waals surface area contributed by atoms with Gasteiger partial charge >= 0.3 is 0 Å². The maximum absolute atomic E-state index is 12.4. The number of imide groups is 1. The minimum atomic E-state index is -0.282. The molecule has 0 spiro atoms. The summed E-state index contributed by atoms with van der Waals surface area (Å²) in [5.74, 6) is -0.745. The van der Waals surface area contributed by atoms with Gasteiger partial charge in [-0.2, -0.15) is 0 Å². The van der Waals surface area contributed by atoms with E-state index in [4.69, 9.17) is 0 Å². The number of rotatable bonds is 3. The van der Waals surface area contributed by atoms with Crippen LogP contribution in [-0.2, 0) is 9.59 Å². The Kier molecular flexibility index (Phi) is 4.42. The molecule has 1 saturated heterocycles. The Hall–Kier alpha value is -2.22. The van der Waals surface area contributed by atoms with Gasteiger partial charge in [-0.05, 0) is 52.9 Å². The number of nitrogens with zero attached hydrogens (tertiary/aromatic N) is 1. The average Bonchev–Trinajstić information content (AvgIpc) is 2.88. The highest BCUT2D eigenvalue weighted by Gasteiger charge is 2.30. The predicted molar refractivity (Wildman–Crippen MR) is 95.3 cm³/mol. The van der Waals surface area contributed by atoms with Crippen LogP contribution in [0.4, 0.5) is 11.4 Å². The van der Waals surface area contributed by atoms with Crippen molar-refractivity contribution in [2.75, 3.05) is 10.2 Å². The summed E-state index contributed by atoms with van der Waals surface area (Å²) in [6.45, 7) is 0. The molecule has 2 aromatic rings. The van der Waals surface area contributed by atoms with Gasteiger partial charge in [-0.25, -0.2) is 0 Å². The Balaban J connectivity index is 1.85. The molecule has 1 aliphatic heterocycles. The van der Waals surface area contributed by atoms with E-state index in [9.17, 15) is 14.4 Å². The summed E-state index contributed by atoms with van der Waals surface area (Å²) in [5.41, 5.74) is 1.55. The molecule has 0 aliphatic carbocycles. The van der Waals surface area contributed by atoms with Crippen molar-refractivity contribution in [3.05, 3.63) is 57.7 Å². The monoisotopic (exact) mass is 420 g/mol. The van der Waals surface area contributed by atoms with E-state index in [1.54, 1.807) is 24.3 Å². The van der Waals surface area contributed by atoms with Crippen molar-refractivity contribution in [3.8, 4) is 0 Å². The van der Waals surface area contributed by atoms with E-state index in [1.807, 2.05) is 24.3 Å². The molecule has 0 bridgehead atoms. The van der Waals surface area contributed by atoms with Crippen LogP contribution in [-0.4, -0.2) is 17.7 Å². The van der Waals surface area contributed by atoms with Gasteiger partial charge in [0.15, 0.2) is 0 Å². The summed E-state index contributed by atoms with van der Waals surface area (Å²) in [7, 11) is 0. The van der Waals surface area contributed by atoms with Gasteiger partial charge in [-0.15, -0.1) is 0 Å². The van der Waals surface area contributed by atoms with Crippen molar-refractivity contribution in [2.45, 2.75) is 12.8 Å². The van der Waals surface area contributed by atoms with Gasteiger partial charge in [0.1, 0.15) is 0 Å². The first-order valence-electron chi connectivity index (χ1n) is 7.08. The maximum atomic E-state index is 12.4. The Morgan fingerprint density at radius 3 is 2.39 bits per heavy atom. The summed E-state index contributed by atoms with van der Waals surface area (Å²) in [5, 5.41) is 2.83. The standard InChI is InChI=1S/C17H13IN2O3/c18-13-6-1-2-7-14(13)19-17(23)11-4-3-5-12(10-11)20-15(21)8-9-16(20)22/h1-7,10H,8-9H2,(H,19,23). The van der Waals surface area contributed by atoms with E-state index in [0.717, 1.165) is 14.2 Å². The Bertz CT molecular complexity index is 788. The van der Waals surface area contributed by atoms with Gasteiger partial charge in [0.05, 0.1) is 11.4 Å². The number of amides is 3. The van der Waals surface area contributed by atoms with Crippen LogP contribution in [0.3, 0.4) is 0 Å². The minimum Gasteiger partial charge on any atom is -0.321 e. The minimum absolute atomic E-state index is 0.220. The van der Waals surface area contributed by atoms with E-state index < -0.39 is 0 Å². The molecule has 0 radical (unpaired) electrons. The van der Waals surface area contributed by atoms with Crippen LogP contribution in [0.15, 0.2) is 48.5 Å². The number of carbonyl (C=O) groups is 3. The molecule has 2 aromatic carbocycles. The second kappa shape index (κ2) is 6.49. The highest BCUT2D eigenvalue weighted by molar-refractivity contribution is 14.1. The zero-order valence-corrected chi connectivity index (χ0v) is 14.2. The summed E-state index contributed by atoms with van der Waals surface area (Å²) < 4.78 is 0.930. The molecule has 6 heteroatoms. The zero-order valence-electron chi connectivity index (χ0n) is 12.1. The van der Waals surface area contributed by atoms with Crippen molar-refractivity contribution < 1.29 is 14.4 Å². The highest BCUT2D eigenvalue weighted by Crippen LogP contribution is 2.24. The number of nitrogens with one attached hydrogen (secondary N) is 1. The highest BCUT2D eigenvalue weighted by atomic mass is 127. The summed E-state index contributed by atoms with van der Waals surface area (Å²) in [4.78, 5) is 37.1. The van der Waals surface area contributed by atoms with E-state index in [-0.39, 0.29) is 30.6 Å². The molecular weight excluding hydrogens is 407 g/mol. The Morgan fingerprint density at radius 1 is 1.00 bits per heavy atom. The van der Waals surface area contributed by atoms with Gasteiger partial charge in [0.25, 0.3) is 5.91 Å². The van der Waals surface area contributed by atoms with Crippen LogP contribution in [0.1, 0.15) is 23.2 Å². The lowest BCUT2D eigenvalue weighted by Gasteiger charge is -2.15. The van der Waals surface area contributed by atoms with Crippen molar-refractivity contribution in [2.24, 2.45) is 0 Å². The predicted octanol–water partition coefficient (Wildman–Crippen LogP) is 3.20. The van der Waals surface area contributed by atoms with Crippen LogP contribution < -0.4 is 10.2 Å². The van der Waals surface area contributed by atoms with Crippen LogP contribution in [0.25, 0.3) is 0 Å². The fourth-order valence-corrected chi connectivity index (χ4v) is 2.93. The topological polar surface area (TPSA) is 66.5 Å². The van der Waals surface area contributed by atoms with Crippen molar-refractivity contribution >= 4 is 51.7 Å². The largest absolute Gasteiger partial charge is 0.321 e. The third kappa shape index (κ3) is 3.26. The third-order valence-corrected chi connectivity index (χ3v) is 4.48. The maximum Gasteiger partial charge on any atom is 0.255 e. The molecule has 1 aliphatic rings. The Morgan fingerprint density at radius 2 is 1.70 bits per heavy atom. The summed E-state index contributed by atoms with van der Waals surface area (Å²) >= 11 is 2.14. The number of carbonyl (C=O) groups excluding carboxylic acids is 3. The van der Waals surface area contributed by atoms with Gasteiger partial charge in [-0.3, -0.25) is 19.3 Å². The van der Waals surface area contributed by atoms with Gasteiger partial charge in [-0.1, -0.05) is 18.2 Å². The van der Waals surface area contributed by atoms with Crippen molar-refractivity contribution in [1.29, 1.82) is 0 Å².